The van der Waals surface area contributed by atoms with Gasteiger partial charge in [0.2, 0.25) is 11.8 Å². The van der Waals surface area contributed by atoms with Crippen molar-refractivity contribution in [1.82, 2.24) is 4.90 Å². The molecule has 6 nitrogen and oxygen atoms in total. The van der Waals surface area contributed by atoms with Crippen molar-refractivity contribution in [1.29, 1.82) is 0 Å². The van der Waals surface area contributed by atoms with Gasteiger partial charge in [0.15, 0.2) is 6.04 Å². The molecule has 0 aliphatic carbocycles. The predicted octanol–water partition coefficient (Wildman–Crippen LogP) is 0.266. The summed E-state index contributed by atoms with van der Waals surface area (Å²) in [5.74, 6) is -2.34. The van der Waals surface area contributed by atoms with E-state index in [0.29, 0.717) is 0 Å². The van der Waals surface area contributed by atoms with E-state index in [1.165, 1.54) is 4.90 Å². The topological polar surface area (TPSA) is 84.9 Å². The van der Waals surface area contributed by atoms with E-state index in [4.69, 9.17) is 5.73 Å². The second-order valence-electron chi connectivity index (χ2n) is 7.62. The smallest absolute Gasteiger partial charge is 0.277 e. The van der Waals surface area contributed by atoms with E-state index in [9.17, 15) is 14.4 Å². The lowest BCUT2D eigenvalue weighted by Crippen LogP contribution is -3.12. The fourth-order valence-electron chi connectivity index (χ4n) is 5.06. The van der Waals surface area contributed by atoms with Crippen molar-refractivity contribution in [3.63, 3.8) is 0 Å². The molecule has 3 N–H and O–H groups in total. The van der Waals surface area contributed by atoms with Crippen molar-refractivity contribution >= 4 is 23.8 Å². The Kier molecular flexibility index (Phi) is 3.70. The van der Waals surface area contributed by atoms with E-state index >= 15 is 0 Å². The van der Waals surface area contributed by atoms with Crippen LogP contribution in [0.3, 0.4) is 0 Å². The number of amides is 3. The molecule has 0 radical (unpaired) electrons. The van der Waals surface area contributed by atoms with Gasteiger partial charge >= 0.3 is 0 Å². The molecule has 2 aromatic rings. The number of hydrogen-bond acceptors (Lipinski definition) is 3. The molecule has 3 aliphatic rings. The number of carbonyl (C=O) groups is 3. The highest BCUT2D eigenvalue weighted by Crippen LogP contribution is 2.43. The van der Waals surface area contributed by atoms with Crippen LogP contribution < -0.4 is 10.6 Å². The number of rotatable bonds is 3. The number of fused-ring (bicyclic) bond motifs is 5. The third kappa shape index (κ3) is 2.28. The molecule has 2 saturated heterocycles. The Balaban J connectivity index is 1.58. The number of nitrogens with zero attached hydrogens (tertiary/aromatic N) is 1. The van der Waals surface area contributed by atoms with Crippen molar-refractivity contribution in [2.24, 2.45) is 17.6 Å². The minimum atomic E-state index is -0.739. The SMILES string of the molecule is NC(=O)[C@H]1[C@H]2C(=O)N(Cc3ccccc3)C(=O)[C@H]2[C@@H]2c3ccccc3C=C[NH+]12. The fourth-order valence-corrected chi connectivity index (χ4v) is 5.06. The van der Waals surface area contributed by atoms with E-state index in [1.54, 1.807) is 0 Å². The van der Waals surface area contributed by atoms with Crippen molar-refractivity contribution in [2.75, 3.05) is 0 Å². The van der Waals surface area contributed by atoms with Crippen LogP contribution in [0.2, 0.25) is 0 Å². The van der Waals surface area contributed by atoms with Crippen LogP contribution in [0.25, 0.3) is 6.08 Å². The molecular weight excluding hydrogens is 354 g/mol. The Morgan fingerprint density at radius 1 is 0.964 bits per heavy atom. The molecule has 28 heavy (non-hydrogen) atoms. The Hall–Kier alpha value is -3.25. The van der Waals surface area contributed by atoms with Crippen molar-refractivity contribution in [3.8, 4) is 0 Å². The minimum absolute atomic E-state index is 0.213. The third-order valence-electron chi connectivity index (χ3n) is 6.20. The molecule has 3 aliphatic heterocycles. The molecule has 0 spiro atoms. The standard InChI is InChI=1S/C22H19N3O3/c23-20(26)19-17-16(18-15-9-5-4-8-14(15)10-11-24(18)19)21(27)25(22(17)28)12-13-6-2-1-3-7-13/h1-11,16-19H,12H2,(H2,23,26)/p+1/t16-,17+,18+,19-/m1/s1. The number of quaternary nitrogens is 1. The number of imide groups is 1. The second-order valence-corrected chi connectivity index (χ2v) is 7.62. The summed E-state index contributed by atoms with van der Waals surface area (Å²) >= 11 is 0. The maximum atomic E-state index is 13.4. The van der Waals surface area contributed by atoms with Crippen LogP contribution in [-0.4, -0.2) is 28.7 Å². The summed E-state index contributed by atoms with van der Waals surface area (Å²) in [4.78, 5) is 41.0. The molecule has 3 heterocycles. The number of primary amides is 1. The monoisotopic (exact) mass is 374 g/mol. The average Bonchev–Trinajstić information content (AvgIpc) is 3.18. The van der Waals surface area contributed by atoms with Crippen LogP contribution >= 0.6 is 0 Å². The molecule has 2 aromatic carbocycles. The highest BCUT2D eigenvalue weighted by atomic mass is 16.2. The van der Waals surface area contributed by atoms with E-state index in [2.05, 4.69) is 0 Å². The first kappa shape index (κ1) is 16.9. The third-order valence-corrected chi connectivity index (χ3v) is 6.20. The lowest BCUT2D eigenvalue weighted by molar-refractivity contribution is -0.884. The Labute approximate surface area is 162 Å². The van der Waals surface area contributed by atoms with Gasteiger partial charge in [-0.25, -0.2) is 0 Å². The second kappa shape index (κ2) is 6.14. The number of nitrogens with one attached hydrogen (secondary N) is 1. The number of hydrogen-bond donors (Lipinski definition) is 2. The van der Waals surface area contributed by atoms with E-state index in [0.717, 1.165) is 21.6 Å². The molecule has 5 rings (SSSR count). The lowest BCUT2D eigenvalue weighted by atomic mass is 9.84. The highest BCUT2D eigenvalue weighted by Gasteiger charge is 2.67. The van der Waals surface area contributed by atoms with Crippen molar-refractivity contribution in [2.45, 2.75) is 18.6 Å². The van der Waals surface area contributed by atoms with Gasteiger partial charge in [-0.05, 0) is 17.2 Å². The summed E-state index contributed by atoms with van der Waals surface area (Å²) in [6.45, 7) is 0.219. The van der Waals surface area contributed by atoms with Gasteiger partial charge in [0.1, 0.15) is 17.9 Å². The summed E-state index contributed by atoms with van der Waals surface area (Å²) in [6, 6.07) is 16.2. The van der Waals surface area contributed by atoms with Crippen molar-refractivity contribution < 1.29 is 19.3 Å². The quantitative estimate of drug-likeness (QED) is 0.756. The maximum absolute atomic E-state index is 13.4. The van der Waals surface area contributed by atoms with Crippen LogP contribution in [0.15, 0.2) is 60.8 Å². The molecular formula is C22H20N3O3+. The molecule has 0 aromatic heterocycles. The average molecular weight is 374 g/mol. The molecule has 3 amide bonds. The van der Waals surface area contributed by atoms with E-state index in [1.807, 2.05) is 66.9 Å². The van der Waals surface area contributed by atoms with Gasteiger partial charge in [-0.15, -0.1) is 0 Å². The molecule has 2 fully saturated rings. The fraction of sp³-hybridized carbons (Fsp3) is 0.227. The molecule has 1 unspecified atom stereocenters. The molecule has 0 saturated carbocycles. The van der Waals surface area contributed by atoms with Crippen LogP contribution in [-0.2, 0) is 20.9 Å². The molecule has 5 atom stereocenters. The van der Waals surface area contributed by atoms with Crippen molar-refractivity contribution in [3.05, 3.63) is 77.5 Å². The first-order valence-electron chi connectivity index (χ1n) is 9.40. The zero-order valence-corrected chi connectivity index (χ0v) is 15.1. The minimum Gasteiger partial charge on any atom is -0.364 e. The van der Waals surface area contributed by atoms with Gasteiger partial charge in [-0.3, -0.25) is 24.2 Å². The summed E-state index contributed by atoms with van der Waals surface area (Å²) in [5, 5.41) is 0. The first-order valence-corrected chi connectivity index (χ1v) is 9.40. The summed E-state index contributed by atoms with van der Waals surface area (Å²) in [7, 11) is 0. The van der Waals surface area contributed by atoms with Gasteiger partial charge in [0.25, 0.3) is 5.91 Å². The van der Waals surface area contributed by atoms with Gasteiger partial charge in [0.05, 0.1) is 12.7 Å². The van der Waals surface area contributed by atoms with Crippen LogP contribution in [0, 0.1) is 11.8 Å². The maximum Gasteiger partial charge on any atom is 0.277 e. The number of carbonyl (C=O) groups excluding carboxylic acids is 3. The molecule has 6 heteroatoms. The summed E-state index contributed by atoms with van der Waals surface area (Å²) in [6.07, 6.45) is 3.82. The zero-order valence-electron chi connectivity index (χ0n) is 15.1. The Morgan fingerprint density at radius 3 is 2.39 bits per heavy atom. The highest BCUT2D eigenvalue weighted by molar-refractivity contribution is 6.08. The van der Waals surface area contributed by atoms with Gasteiger partial charge < -0.3 is 5.73 Å². The predicted molar refractivity (Wildman–Crippen MR) is 101 cm³/mol. The lowest BCUT2D eigenvalue weighted by Gasteiger charge is -2.30. The van der Waals surface area contributed by atoms with Crippen LogP contribution in [0.5, 0.6) is 0 Å². The number of benzene rings is 2. The summed E-state index contributed by atoms with van der Waals surface area (Å²) < 4.78 is 0. The molecule has 140 valence electrons. The van der Waals surface area contributed by atoms with Crippen LogP contribution in [0.1, 0.15) is 22.7 Å². The summed E-state index contributed by atoms with van der Waals surface area (Å²) in [5.41, 5.74) is 8.60. The van der Waals surface area contributed by atoms with Crippen LogP contribution in [0.4, 0.5) is 0 Å². The van der Waals surface area contributed by atoms with Gasteiger partial charge in [-0.2, -0.15) is 0 Å². The first-order chi connectivity index (χ1) is 13.6. The Morgan fingerprint density at radius 2 is 1.64 bits per heavy atom. The number of likely N-dealkylation sites (tertiary alicyclic amines) is 1. The Bertz CT molecular complexity index is 1020. The largest absolute Gasteiger partial charge is 0.364 e. The normalized spacial score (nSPS) is 30.1. The van der Waals surface area contributed by atoms with Gasteiger partial charge in [0, 0.05) is 5.56 Å². The van der Waals surface area contributed by atoms with Gasteiger partial charge in [-0.1, -0.05) is 54.6 Å². The number of nitrogens with two attached hydrogens (primary N) is 1. The zero-order chi connectivity index (χ0) is 19.4. The molecule has 0 bridgehead atoms. The van der Waals surface area contributed by atoms with E-state index < -0.39 is 23.8 Å². The van der Waals surface area contributed by atoms with E-state index in [-0.39, 0.29) is 24.4 Å².